The minimum absolute atomic E-state index is 0.599. The number of rotatable bonds is 11. The quantitative estimate of drug-likeness (QED) is 0.236. The van der Waals surface area contributed by atoms with Crippen molar-refractivity contribution in [1.82, 2.24) is 4.90 Å². The minimum Gasteiger partial charge on any atom is -0.481 e. The number of hydrogen-bond donors (Lipinski definition) is 6. The second-order valence-electron chi connectivity index (χ2n) is 4.56. The topological polar surface area (TPSA) is 227 Å². The maximum atomic E-state index is 10.2. The highest BCUT2D eigenvalue weighted by atomic mass is 16.4. The van der Waals surface area contributed by atoms with Gasteiger partial charge in [0.2, 0.25) is 0 Å². The fourth-order valence-electron chi connectivity index (χ4n) is 1.41. The number of carboxylic acids is 6. The van der Waals surface area contributed by atoms with E-state index in [4.69, 9.17) is 30.6 Å². The third-order valence-corrected chi connectivity index (χ3v) is 2.27. The molecule has 0 aromatic rings. The smallest absolute Gasteiger partial charge is 0.317 e. The van der Waals surface area contributed by atoms with Crippen molar-refractivity contribution in [3.8, 4) is 0 Å². The second-order valence-corrected chi connectivity index (χ2v) is 4.56. The molecule has 0 heterocycles. The van der Waals surface area contributed by atoms with Gasteiger partial charge in [0, 0.05) is 0 Å². The lowest BCUT2D eigenvalue weighted by atomic mass is 10.0. The first-order chi connectivity index (χ1) is 11.3. The molecule has 0 rings (SSSR count). The van der Waals surface area contributed by atoms with E-state index in [1.165, 1.54) is 0 Å². The van der Waals surface area contributed by atoms with Crippen LogP contribution in [0.25, 0.3) is 0 Å². The van der Waals surface area contributed by atoms with Crippen molar-refractivity contribution in [1.29, 1.82) is 0 Å². The largest absolute Gasteiger partial charge is 0.481 e. The van der Waals surface area contributed by atoms with Gasteiger partial charge in [-0.05, 0) is 0 Å². The first-order valence-corrected chi connectivity index (χ1v) is 6.39. The van der Waals surface area contributed by atoms with Crippen molar-refractivity contribution in [3.05, 3.63) is 0 Å². The van der Waals surface area contributed by atoms with Crippen molar-refractivity contribution >= 4 is 35.8 Å². The molecule has 0 aliphatic rings. The number of carbonyl (C=O) groups is 6. The van der Waals surface area contributed by atoms with E-state index < -0.39 is 74.2 Å². The van der Waals surface area contributed by atoms with Gasteiger partial charge in [-0.2, -0.15) is 0 Å². The first-order valence-electron chi connectivity index (χ1n) is 6.39. The summed E-state index contributed by atoms with van der Waals surface area (Å²) in [5.41, 5.74) is 0. The van der Waals surface area contributed by atoms with Gasteiger partial charge in [-0.15, -0.1) is 0 Å². The summed E-state index contributed by atoms with van der Waals surface area (Å²) in [5.74, 6) is -9.17. The van der Waals surface area contributed by atoms with E-state index in [0.29, 0.717) is 0 Å². The van der Waals surface area contributed by atoms with Crippen LogP contribution in [0.1, 0.15) is 12.8 Å². The Hall–Kier alpha value is -3.22. The summed E-state index contributed by atoms with van der Waals surface area (Å²) in [4.78, 5) is 61.6. The van der Waals surface area contributed by atoms with Crippen LogP contribution in [0.4, 0.5) is 0 Å². The molecular weight excluding hydrogens is 350 g/mol. The zero-order valence-electron chi connectivity index (χ0n) is 12.7. The molecule has 142 valence electrons. The molecule has 0 radical (unpaired) electrons. The van der Waals surface area contributed by atoms with E-state index in [-0.39, 0.29) is 0 Å². The Morgan fingerprint density at radius 3 is 1.00 bits per heavy atom. The fourth-order valence-corrected chi connectivity index (χ4v) is 1.41. The van der Waals surface area contributed by atoms with Crippen LogP contribution in [0.3, 0.4) is 0 Å². The molecule has 0 bridgehead atoms. The standard InChI is InChI=1S/C6H9NO6.C6H8O6/c8-4(9)1-7(2-5(10)11)3-6(12)13;7-4(8)1-3(6(11)12)2-5(9)10/h1-3H2,(H,8,9)(H,10,11)(H,12,13);3H,1-2H2,(H,7,8)(H,9,10)(H,11,12). The predicted molar refractivity (Wildman–Crippen MR) is 75.0 cm³/mol. The summed E-state index contributed by atoms with van der Waals surface area (Å²) in [7, 11) is 0. The molecule has 13 heteroatoms. The SMILES string of the molecule is O=C(O)CC(CC(=O)O)C(=O)O.O=C(O)CN(CC(=O)O)CC(=O)O. The van der Waals surface area contributed by atoms with Crippen LogP contribution in [0, 0.1) is 5.92 Å². The molecule has 0 atom stereocenters. The van der Waals surface area contributed by atoms with Crippen molar-refractivity contribution in [2.75, 3.05) is 19.6 Å². The molecule has 0 unspecified atom stereocenters. The zero-order chi connectivity index (χ0) is 20.2. The first kappa shape index (κ1) is 24.0. The summed E-state index contributed by atoms with van der Waals surface area (Å²) < 4.78 is 0. The lowest BCUT2D eigenvalue weighted by molar-refractivity contribution is -0.152. The van der Waals surface area contributed by atoms with Gasteiger partial charge in [-0.1, -0.05) is 0 Å². The Balaban J connectivity index is 0. The third kappa shape index (κ3) is 17.0. The summed E-state index contributed by atoms with van der Waals surface area (Å²) in [6.07, 6.45) is -1.33. The summed E-state index contributed by atoms with van der Waals surface area (Å²) >= 11 is 0. The molecule has 6 N–H and O–H groups in total. The summed E-state index contributed by atoms with van der Waals surface area (Å²) in [5, 5.41) is 49.6. The number of hydrogen-bond acceptors (Lipinski definition) is 7. The lowest BCUT2D eigenvalue weighted by Crippen LogP contribution is -2.38. The van der Waals surface area contributed by atoms with Crippen molar-refractivity contribution in [2.45, 2.75) is 12.8 Å². The van der Waals surface area contributed by atoms with Crippen molar-refractivity contribution in [2.24, 2.45) is 5.92 Å². The molecule has 25 heavy (non-hydrogen) atoms. The van der Waals surface area contributed by atoms with Gasteiger partial charge in [0.05, 0.1) is 38.4 Å². The van der Waals surface area contributed by atoms with Crippen LogP contribution >= 0.6 is 0 Å². The van der Waals surface area contributed by atoms with E-state index in [9.17, 15) is 28.8 Å². The molecule has 0 aromatic heterocycles. The Labute approximate surface area is 139 Å². The van der Waals surface area contributed by atoms with Gasteiger partial charge in [0.15, 0.2) is 0 Å². The van der Waals surface area contributed by atoms with Gasteiger partial charge in [0.25, 0.3) is 0 Å². The van der Waals surface area contributed by atoms with Gasteiger partial charge >= 0.3 is 35.8 Å². The molecule has 0 fully saturated rings. The highest BCUT2D eigenvalue weighted by Crippen LogP contribution is 2.08. The molecule has 13 nitrogen and oxygen atoms in total. The maximum absolute atomic E-state index is 10.2. The Morgan fingerprint density at radius 1 is 0.560 bits per heavy atom. The van der Waals surface area contributed by atoms with Gasteiger partial charge in [0.1, 0.15) is 0 Å². The Bertz CT molecular complexity index is 474. The van der Waals surface area contributed by atoms with Crippen LogP contribution in [-0.4, -0.2) is 91.0 Å². The van der Waals surface area contributed by atoms with Crippen LogP contribution in [-0.2, 0) is 28.8 Å². The molecular formula is C12H17NO12. The van der Waals surface area contributed by atoms with Crippen LogP contribution in [0.5, 0.6) is 0 Å². The highest BCUT2D eigenvalue weighted by Gasteiger charge is 2.23. The third-order valence-electron chi connectivity index (χ3n) is 2.27. The Morgan fingerprint density at radius 2 is 0.840 bits per heavy atom. The lowest BCUT2D eigenvalue weighted by Gasteiger charge is -2.14. The zero-order valence-corrected chi connectivity index (χ0v) is 12.7. The van der Waals surface area contributed by atoms with E-state index >= 15 is 0 Å². The molecule has 0 aliphatic heterocycles. The van der Waals surface area contributed by atoms with Gasteiger partial charge < -0.3 is 30.6 Å². The molecule has 0 aliphatic carbocycles. The van der Waals surface area contributed by atoms with E-state index in [0.717, 1.165) is 4.90 Å². The molecule has 0 spiro atoms. The average Bonchev–Trinajstić information content (AvgIpc) is 2.34. The number of aliphatic carboxylic acids is 6. The summed E-state index contributed by atoms with van der Waals surface area (Å²) in [6, 6.07) is 0. The van der Waals surface area contributed by atoms with Crippen LogP contribution in [0.15, 0.2) is 0 Å². The van der Waals surface area contributed by atoms with Gasteiger partial charge in [-0.3, -0.25) is 33.7 Å². The van der Waals surface area contributed by atoms with Gasteiger partial charge in [-0.25, -0.2) is 0 Å². The molecule has 0 amide bonds. The second kappa shape index (κ2) is 12.2. The molecule has 0 aromatic carbocycles. The number of nitrogens with zero attached hydrogens (tertiary/aromatic N) is 1. The monoisotopic (exact) mass is 367 g/mol. The average molecular weight is 367 g/mol. The fraction of sp³-hybridized carbons (Fsp3) is 0.500. The summed E-state index contributed by atoms with van der Waals surface area (Å²) in [6.45, 7) is -1.80. The normalized spacial score (nSPS) is 9.84. The Kier molecular flexibility index (Phi) is 11.8. The van der Waals surface area contributed by atoms with E-state index in [2.05, 4.69) is 0 Å². The molecule has 0 saturated heterocycles. The van der Waals surface area contributed by atoms with Crippen LogP contribution < -0.4 is 0 Å². The van der Waals surface area contributed by atoms with Crippen molar-refractivity contribution < 1.29 is 59.4 Å². The van der Waals surface area contributed by atoms with E-state index in [1.54, 1.807) is 0 Å². The predicted octanol–water partition coefficient (Wildman–Crippen LogP) is -1.82. The highest BCUT2D eigenvalue weighted by molar-refractivity contribution is 5.82. The van der Waals surface area contributed by atoms with Crippen LogP contribution in [0.2, 0.25) is 0 Å². The van der Waals surface area contributed by atoms with E-state index in [1.807, 2.05) is 0 Å². The minimum atomic E-state index is -1.40. The maximum Gasteiger partial charge on any atom is 0.317 e. The molecule has 0 saturated carbocycles. The number of carboxylic acid groups (broad SMARTS) is 6. The van der Waals surface area contributed by atoms with Crippen molar-refractivity contribution in [3.63, 3.8) is 0 Å².